The monoisotopic (exact) mass is 388 g/mol. The second kappa shape index (κ2) is 9.24. The van der Waals surface area contributed by atoms with Crippen molar-refractivity contribution < 1.29 is 4.79 Å². The van der Waals surface area contributed by atoms with Crippen molar-refractivity contribution in [3.05, 3.63) is 77.6 Å². The van der Waals surface area contributed by atoms with E-state index in [4.69, 9.17) is 0 Å². The lowest BCUT2D eigenvalue weighted by Crippen LogP contribution is -2.21. The molecule has 29 heavy (non-hydrogen) atoms. The van der Waals surface area contributed by atoms with E-state index in [1.165, 1.54) is 11.1 Å². The number of hydrogen-bond donors (Lipinski definition) is 2. The molecular weight excluding hydrogens is 360 g/mol. The SMILES string of the molecule is CCN(CC)c1ccc(NC(=O)c2cncc(Nc3cccc(C)c3C)c2)cc1. The van der Waals surface area contributed by atoms with Crippen LogP contribution >= 0.6 is 0 Å². The number of carbonyl (C=O) groups is 1. The van der Waals surface area contributed by atoms with E-state index in [1.54, 1.807) is 12.4 Å². The smallest absolute Gasteiger partial charge is 0.257 e. The average molecular weight is 389 g/mol. The van der Waals surface area contributed by atoms with Gasteiger partial charge in [-0.3, -0.25) is 9.78 Å². The number of nitrogens with one attached hydrogen (secondary N) is 2. The molecule has 0 radical (unpaired) electrons. The molecule has 0 fully saturated rings. The zero-order valence-electron chi connectivity index (χ0n) is 17.5. The summed E-state index contributed by atoms with van der Waals surface area (Å²) < 4.78 is 0. The largest absolute Gasteiger partial charge is 0.372 e. The van der Waals surface area contributed by atoms with Gasteiger partial charge in [0, 0.05) is 36.3 Å². The second-order valence-electron chi connectivity index (χ2n) is 7.01. The van der Waals surface area contributed by atoms with Crippen LogP contribution in [-0.4, -0.2) is 24.0 Å². The molecule has 3 aromatic rings. The molecule has 1 aromatic heterocycles. The number of rotatable bonds is 7. The molecule has 0 aliphatic heterocycles. The van der Waals surface area contributed by atoms with Gasteiger partial charge in [0.15, 0.2) is 0 Å². The van der Waals surface area contributed by atoms with E-state index in [1.807, 2.05) is 42.5 Å². The molecular formula is C24H28N4O. The first-order valence-corrected chi connectivity index (χ1v) is 9.96. The fraction of sp³-hybridized carbons (Fsp3) is 0.250. The summed E-state index contributed by atoms with van der Waals surface area (Å²) in [4.78, 5) is 19.2. The van der Waals surface area contributed by atoms with Gasteiger partial charge in [-0.15, -0.1) is 0 Å². The third-order valence-corrected chi connectivity index (χ3v) is 5.14. The number of amides is 1. The lowest BCUT2D eigenvalue weighted by atomic mass is 10.1. The molecule has 5 heteroatoms. The van der Waals surface area contributed by atoms with Crippen LogP contribution in [0.15, 0.2) is 60.9 Å². The van der Waals surface area contributed by atoms with Gasteiger partial charge >= 0.3 is 0 Å². The minimum Gasteiger partial charge on any atom is -0.372 e. The molecule has 0 saturated heterocycles. The van der Waals surface area contributed by atoms with Gasteiger partial charge in [-0.05, 0) is 75.2 Å². The van der Waals surface area contributed by atoms with Crippen LogP contribution in [0.5, 0.6) is 0 Å². The van der Waals surface area contributed by atoms with E-state index in [-0.39, 0.29) is 5.91 Å². The molecule has 150 valence electrons. The van der Waals surface area contributed by atoms with Crippen LogP contribution in [-0.2, 0) is 0 Å². The topological polar surface area (TPSA) is 57.3 Å². The van der Waals surface area contributed by atoms with Gasteiger partial charge in [0.2, 0.25) is 0 Å². The molecule has 0 aliphatic rings. The van der Waals surface area contributed by atoms with E-state index < -0.39 is 0 Å². The first kappa shape index (κ1) is 20.4. The Morgan fingerprint density at radius 2 is 1.69 bits per heavy atom. The van der Waals surface area contributed by atoms with E-state index >= 15 is 0 Å². The molecule has 2 N–H and O–H groups in total. The zero-order valence-corrected chi connectivity index (χ0v) is 17.5. The van der Waals surface area contributed by atoms with E-state index in [0.29, 0.717) is 5.56 Å². The normalized spacial score (nSPS) is 10.5. The summed E-state index contributed by atoms with van der Waals surface area (Å²) in [6.07, 6.45) is 3.30. The van der Waals surface area contributed by atoms with Gasteiger partial charge in [0.1, 0.15) is 0 Å². The number of pyridine rings is 1. The number of carbonyl (C=O) groups excluding carboxylic acids is 1. The summed E-state index contributed by atoms with van der Waals surface area (Å²) >= 11 is 0. The Bertz CT molecular complexity index is 978. The maximum absolute atomic E-state index is 12.7. The molecule has 1 heterocycles. The fourth-order valence-electron chi connectivity index (χ4n) is 3.22. The van der Waals surface area contributed by atoms with Crippen LogP contribution in [0.25, 0.3) is 0 Å². The highest BCUT2D eigenvalue weighted by atomic mass is 16.1. The molecule has 5 nitrogen and oxygen atoms in total. The summed E-state index contributed by atoms with van der Waals surface area (Å²) in [6, 6.07) is 15.8. The predicted molar refractivity (Wildman–Crippen MR) is 121 cm³/mol. The molecule has 0 aliphatic carbocycles. The van der Waals surface area contributed by atoms with Crippen molar-refractivity contribution in [3.8, 4) is 0 Å². The Labute approximate surface area is 172 Å². The number of anilines is 4. The van der Waals surface area contributed by atoms with E-state index in [9.17, 15) is 4.79 Å². The van der Waals surface area contributed by atoms with Crippen LogP contribution in [0, 0.1) is 13.8 Å². The van der Waals surface area contributed by atoms with Crippen LogP contribution in [0.3, 0.4) is 0 Å². The molecule has 0 spiro atoms. The molecule has 2 aromatic carbocycles. The Morgan fingerprint density at radius 1 is 0.966 bits per heavy atom. The summed E-state index contributed by atoms with van der Waals surface area (Å²) in [5.74, 6) is -0.183. The lowest BCUT2D eigenvalue weighted by Gasteiger charge is -2.21. The van der Waals surface area contributed by atoms with Gasteiger partial charge < -0.3 is 15.5 Å². The number of hydrogen-bond acceptors (Lipinski definition) is 4. The highest BCUT2D eigenvalue weighted by Crippen LogP contribution is 2.23. The van der Waals surface area contributed by atoms with Crippen molar-refractivity contribution in [2.24, 2.45) is 0 Å². The van der Waals surface area contributed by atoms with E-state index in [2.05, 4.69) is 54.3 Å². The fourth-order valence-corrected chi connectivity index (χ4v) is 3.22. The Balaban J connectivity index is 1.71. The summed E-state index contributed by atoms with van der Waals surface area (Å²) in [5, 5.41) is 6.30. The maximum atomic E-state index is 12.7. The highest BCUT2D eigenvalue weighted by molar-refractivity contribution is 6.04. The number of aryl methyl sites for hydroxylation is 1. The standard InChI is InChI=1S/C24H28N4O/c1-5-28(6-2)22-12-10-20(11-13-22)27-24(29)19-14-21(16-25-15-19)26-23-9-7-8-17(3)18(23)4/h7-16,26H,5-6H2,1-4H3,(H,27,29). The second-order valence-corrected chi connectivity index (χ2v) is 7.01. The van der Waals surface area contributed by atoms with Gasteiger partial charge in [-0.1, -0.05) is 12.1 Å². The van der Waals surface area contributed by atoms with Crippen molar-refractivity contribution in [1.29, 1.82) is 0 Å². The average Bonchev–Trinajstić information content (AvgIpc) is 2.74. The van der Waals surface area contributed by atoms with Crippen molar-refractivity contribution in [1.82, 2.24) is 4.98 Å². The molecule has 0 unspecified atom stereocenters. The van der Waals surface area contributed by atoms with Crippen molar-refractivity contribution in [2.75, 3.05) is 28.6 Å². The molecule has 3 rings (SSSR count). The molecule has 1 amide bonds. The Hall–Kier alpha value is -3.34. The molecule has 0 bridgehead atoms. The first-order valence-electron chi connectivity index (χ1n) is 9.96. The van der Waals surface area contributed by atoms with Crippen LogP contribution < -0.4 is 15.5 Å². The number of benzene rings is 2. The summed E-state index contributed by atoms with van der Waals surface area (Å²) in [7, 11) is 0. The predicted octanol–water partition coefficient (Wildman–Crippen LogP) is 5.54. The van der Waals surface area contributed by atoms with Gasteiger partial charge in [0.05, 0.1) is 17.4 Å². The molecule has 0 saturated carbocycles. The van der Waals surface area contributed by atoms with Crippen LogP contribution in [0.1, 0.15) is 35.3 Å². The third-order valence-electron chi connectivity index (χ3n) is 5.14. The van der Waals surface area contributed by atoms with Crippen molar-refractivity contribution >= 4 is 28.7 Å². The first-order chi connectivity index (χ1) is 14.0. The summed E-state index contributed by atoms with van der Waals surface area (Å²) in [6.45, 7) is 10.3. The Morgan fingerprint density at radius 3 is 2.38 bits per heavy atom. The molecule has 0 atom stereocenters. The number of nitrogens with zero attached hydrogens (tertiary/aromatic N) is 2. The van der Waals surface area contributed by atoms with Crippen molar-refractivity contribution in [3.63, 3.8) is 0 Å². The quantitative estimate of drug-likeness (QED) is 0.558. The summed E-state index contributed by atoms with van der Waals surface area (Å²) in [5.41, 5.74) is 6.60. The van der Waals surface area contributed by atoms with Crippen LogP contribution in [0.2, 0.25) is 0 Å². The Kier molecular flexibility index (Phi) is 6.50. The lowest BCUT2D eigenvalue weighted by molar-refractivity contribution is 0.102. The maximum Gasteiger partial charge on any atom is 0.257 e. The van der Waals surface area contributed by atoms with Crippen LogP contribution in [0.4, 0.5) is 22.7 Å². The van der Waals surface area contributed by atoms with Gasteiger partial charge in [0.25, 0.3) is 5.91 Å². The van der Waals surface area contributed by atoms with Gasteiger partial charge in [-0.2, -0.15) is 0 Å². The van der Waals surface area contributed by atoms with E-state index in [0.717, 1.165) is 35.8 Å². The minimum absolute atomic E-state index is 0.183. The van der Waals surface area contributed by atoms with Gasteiger partial charge in [-0.25, -0.2) is 0 Å². The highest BCUT2D eigenvalue weighted by Gasteiger charge is 2.09. The third kappa shape index (κ3) is 4.93. The van der Waals surface area contributed by atoms with Crippen molar-refractivity contribution in [2.45, 2.75) is 27.7 Å². The number of aromatic nitrogens is 1. The zero-order chi connectivity index (χ0) is 20.8. The minimum atomic E-state index is -0.183.